The highest BCUT2D eigenvalue weighted by Crippen LogP contribution is 2.37. The number of rotatable bonds is 1. The van der Waals surface area contributed by atoms with Crippen molar-refractivity contribution in [2.45, 2.75) is 6.42 Å². The number of nitrogen functional groups attached to an aromatic ring is 1. The average molecular weight is 265 g/mol. The monoisotopic (exact) mass is 264 g/mol. The molecule has 0 spiro atoms. The molecule has 0 radical (unpaired) electrons. The second-order valence-corrected chi connectivity index (χ2v) is 4.43. The molecule has 92 valence electrons. The molecule has 1 aromatic heterocycles. The Bertz CT molecular complexity index is 617. The maximum absolute atomic E-state index is 13.3. The molecular weight excluding hydrogens is 255 g/mol. The number of anilines is 3. The lowest BCUT2D eigenvalue weighted by Gasteiger charge is -2.19. The van der Waals surface area contributed by atoms with Gasteiger partial charge in [0, 0.05) is 12.2 Å². The van der Waals surface area contributed by atoms with Gasteiger partial charge < -0.3 is 10.6 Å². The zero-order valence-corrected chi connectivity index (χ0v) is 10.2. The minimum Gasteiger partial charge on any atom is -0.393 e. The van der Waals surface area contributed by atoms with Crippen molar-refractivity contribution < 1.29 is 4.39 Å². The average Bonchev–Trinajstić information content (AvgIpc) is 2.75. The number of halogens is 2. The first-order valence-electron chi connectivity index (χ1n) is 5.49. The molecule has 2 heterocycles. The lowest BCUT2D eigenvalue weighted by molar-refractivity contribution is 0.628. The highest BCUT2D eigenvalue weighted by Gasteiger charge is 2.24. The first-order valence-corrected chi connectivity index (χ1v) is 5.86. The SMILES string of the molecule is Nc1c(Cl)ncnc1N1CCc2ccc(F)cc21. The summed E-state index contributed by atoms with van der Waals surface area (Å²) in [5.74, 6) is 0.249. The molecule has 0 saturated heterocycles. The normalized spacial score (nSPS) is 13.8. The van der Waals surface area contributed by atoms with Crippen LogP contribution in [0.3, 0.4) is 0 Å². The predicted molar refractivity (Wildman–Crippen MR) is 68.6 cm³/mol. The summed E-state index contributed by atoms with van der Waals surface area (Å²) in [7, 11) is 0. The number of nitrogens with zero attached hydrogens (tertiary/aromatic N) is 3. The molecule has 2 aromatic rings. The zero-order valence-electron chi connectivity index (χ0n) is 9.40. The van der Waals surface area contributed by atoms with Gasteiger partial charge in [-0.1, -0.05) is 17.7 Å². The van der Waals surface area contributed by atoms with Crippen molar-refractivity contribution >= 4 is 28.8 Å². The van der Waals surface area contributed by atoms with Gasteiger partial charge in [-0.05, 0) is 24.1 Å². The molecule has 1 aromatic carbocycles. The van der Waals surface area contributed by atoms with E-state index in [-0.39, 0.29) is 11.0 Å². The summed E-state index contributed by atoms with van der Waals surface area (Å²) in [6.45, 7) is 0.705. The number of fused-ring (bicyclic) bond motifs is 1. The van der Waals surface area contributed by atoms with Gasteiger partial charge in [-0.3, -0.25) is 0 Å². The lowest BCUT2D eigenvalue weighted by Crippen LogP contribution is -2.17. The van der Waals surface area contributed by atoms with E-state index in [4.69, 9.17) is 17.3 Å². The Hall–Kier alpha value is -1.88. The highest BCUT2D eigenvalue weighted by atomic mass is 35.5. The van der Waals surface area contributed by atoms with Gasteiger partial charge in [-0.2, -0.15) is 0 Å². The third-order valence-electron chi connectivity index (χ3n) is 3.01. The van der Waals surface area contributed by atoms with Crippen molar-refractivity contribution in [1.29, 1.82) is 0 Å². The van der Waals surface area contributed by atoms with E-state index in [1.54, 1.807) is 6.07 Å². The Balaban J connectivity index is 2.11. The number of hydrogen-bond acceptors (Lipinski definition) is 4. The predicted octanol–water partition coefficient (Wildman–Crippen LogP) is 2.55. The van der Waals surface area contributed by atoms with E-state index in [1.165, 1.54) is 18.5 Å². The smallest absolute Gasteiger partial charge is 0.161 e. The van der Waals surface area contributed by atoms with Crippen LogP contribution in [0, 0.1) is 5.82 Å². The van der Waals surface area contributed by atoms with Crippen LogP contribution in [0.2, 0.25) is 5.15 Å². The fraction of sp³-hybridized carbons (Fsp3) is 0.167. The molecule has 4 nitrogen and oxygen atoms in total. The Kier molecular flexibility index (Phi) is 2.56. The van der Waals surface area contributed by atoms with E-state index in [9.17, 15) is 4.39 Å². The van der Waals surface area contributed by atoms with E-state index < -0.39 is 0 Å². The highest BCUT2D eigenvalue weighted by molar-refractivity contribution is 6.32. The summed E-state index contributed by atoms with van der Waals surface area (Å²) < 4.78 is 13.3. The molecule has 0 saturated carbocycles. The molecule has 1 aliphatic heterocycles. The van der Waals surface area contributed by atoms with Crippen molar-refractivity contribution in [3.63, 3.8) is 0 Å². The molecule has 0 unspecified atom stereocenters. The zero-order chi connectivity index (χ0) is 12.7. The van der Waals surface area contributed by atoms with Crippen LogP contribution in [-0.4, -0.2) is 16.5 Å². The molecule has 0 bridgehead atoms. The second-order valence-electron chi connectivity index (χ2n) is 4.08. The summed E-state index contributed by atoms with van der Waals surface area (Å²) in [5.41, 5.74) is 8.04. The van der Waals surface area contributed by atoms with Gasteiger partial charge in [0.25, 0.3) is 0 Å². The van der Waals surface area contributed by atoms with Crippen LogP contribution in [0.1, 0.15) is 5.56 Å². The maximum atomic E-state index is 13.3. The number of benzene rings is 1. The lowest BCUT2D eigenvalue weighted by atomic mass is 10.2. The molecule has 0 aliphatic carbocycles. The van der Waals surface area contributed by atoms with Gasteiger partial charge in [0.1, 0.15) is 17.8 Å². The van der Waals surface area contributed by atoms with E-state index in [2.05, 4.69) is 9.97 Å². The molecule has 0 amide bonds. The van der Waals surface area contributed by atoms with Crippen molar-refractivity contribution in [2.75, 3.05) is 17.2 Å². The summed E-state index contributed by atoms with van der Waals surface area (Å²) in [6.07, 6.45) is 2.18. The quantitative estimate of drug-likeness (QED) is 0.804. The maximum Gasteiger partial charge on any atom is 0.161 e. The van der Waals surface area contributed by atoms with Crippen molar-refractivity contribution in [3.8, 4) is 0 Å². The summed E-state index contributed by atoms with van der Waals surface area (Å²) >= 11 is 5.87. The van der Waals surface area contributed by atoms with Crippen LogP contribution in [0.25, 0.3) is 0 Å². The van der Waals surface area contributed by atoms with Gasteiger partial charge >= 0.3 is 0 Å². The number of aromatic nitrogens is 2. The minimum atomic E-state index is -0.278. The number of hydrogen-bond donors (Lipinski definition) is 1. The summed E-state index contributed by atoms with van der Waals surface area (Å²) in [4.78, 5) is 9.81. The third-order valence-corrected chi connectivity index (χ3v) is 3.31. The van der Waals surface area contributed by atoms with E-state index in [0.717, 1.165) is 17.7 Å². The largest absolute Gasteiger partial charge is 0.393 e. The summed E-state index contributed by atoms with van der Waals surface area (Å²) in [5, 5.41) is 0.213. The Labute approximate surface area is 108 Å². The topological polar surface area (TPSA) is 55.0 Å². The van der Waals surface area contributed by atoms with Crippen molar-refractivity contribution in [1.82, 2.24) is 9.97 Å². The fourth-order valence-corrected chi connectivity index (χ4v) is 2.28. The summed E-state index contributed by atoms with van der Waals surface area (Å²) in [6, 6.07) is 4.72. The number of nitrogens with two attached hydrogens (primary N) is 1. The standard InChI is InChI=1S/C12H10ClFN4/c13-11-10(15)12(17-6-16-11)18-4-3-7-1-2-8(14)5-9(7)18/h1-2,5-6H,3-4,15H2. The molecule has 3 rings (SSSR count). The van der Waals surface area contributed by atoms with Crippen LogP contribution in [0.15, 0.2) is 24.5 Å². The Morgan fingerprint density at radius 3 is 3.00 bits per heavy atom. The van der Waals surface area contributed by atoms with Gasteiger partial charge in [0.15, 0.2) is 11.0 Å². The third kappa shape index (κ3) is 1.67. The Morgan fingerprint density at radius 2 is 2.17 bits per heavy atom. The van der Waals surface area contributed by atoms with Crippen LogP contribution in [-0.2, 0) is 6.42 Å². The van der Waals surface area contributed by atoms with Crippen LogP contribution >= 0.6 is 11.6 Å². The first-order chi connectivity index (χ1) is 8.66. The van der Waals surface area contributed by atoms with E-state index >= 15 is 0 Å². The van der Waals surface area contributed by atoms with E-state index in [1.807, 2.05) is 4.90 Å². The van der Waals surface area contributed by atoms with Crippen LogP contribution < -0.4 is 10.6 Å². The first kappa shape index (κ1) is 11.2. The van der Waals surface area contributed by atoms with Gasteiger partial charge in [-0.25, -0.2) is 14.4 Å². The fourth-order valence-electron chi connectivity index (χ4n) is 2.15. The molecule has 18 heavy (non-hydrogen) atoms. The molecule has 1 aliphatic rings. The van der Waals surface area contributed by atoms with Crippen LogP contribution in [0.4, 0.5) is 21.6 Å². The Morgan fingerprint density at radius 1 is 1.33 bits per heavy atom. The molecular formula is C12H10ClFN4. The molecule has 2 N–H and O–H groups in total. The van der Waals surface area contributed by atoms with Crippen molar-refractivity contribution in [2.24, 2.45) is 0 Å². The van der Waals surface area contributed by atoms with Gasteiger partial charge in [0.05, 0.1) is 0 Å². The van der Waals surface area contributed by atoms with Crippen LogP contribution in [0.5, 0.6) is 0 Å². The minimum absolute atomic E-state index is 0.213. The van der Waals surface area contributed by atoms with E-state index in [0.29, 0.717) is 18.1 Å². The van der Waals surface area contributed by atoms with Gasteiger partial charge in [-0.15, -0.1) is 0 Å². The van der Waals surface area contributed by atoms with Gasteiger partial charge in [0.2, 0.25) is 0 Å². The van der Waals surface area contributed by atoms with Crippen molar-refractivity contribution in [3.05, 3.63) is 41.1 Å². The molecule has 6 heteroatoms. The second kappa shape index (κ2) is 4.10. The molecule has 0 fully saturated rings. The molecule has 0 atom stereocenters.